The summed E-state index contributed by atoms with van der Waals surface area (Å²) in [6.07, 6.45) is 0. The smallest absolute Gasteiger partial charge is 1.00 e. The Morgan fingerprint density at radius 2 is 1.17 bits per heavy atom. The first-order valence-corrected chi connectivity index (χ1v) is 11.6. The summed E-state index contributed by atoms with van der Waals surface area (Å²) in [6.45, 7) is -0.181. The predicted molar refractivity (Wildman–Crippen MR) is 150 cm³/mol. The number of hydrogen-bond donors (Lipinski definition) is 2. The largest absolute Gasteiger partial charge is 1.00 e. The first-order valence-electron chi connectivity index (χ1n) is 11.2. The summed E-state index contributed by atoms with van der Waals surface area (Å²) in [7, 11) is 3.18. The Morgan fingerprint density at radius 1 is 0.756 bits per heavy atom. The van der Waals surface area contributed by atoms with Crippen LogP contribution in [0.2, 0.25) is 0 Å². The van der Waals surface area contributed by atoms with Crippen LogP contribution in [0.5, 0.6) is 11.5 Å². The van der Waals surface area contributed by atoms with Crippen LogP contribution < -0.4 is 129 Å². The van der Waals surface area contributed by atoms with Gasteiger partial charge in [-0.3, -0.25) is 14.4 Å². The van der Waals surface area contributed by atoms with Gasteiger partial charge in [0.25, 0.3) is 17.6 Å². The van der Waals surface area contributed by atoms with Gasteiger partial charge in [-0.1, -0.05) is 72.8 Å². The number of rotatable bonds is 6. The molecule has 9 nitrogen and oxygen atoms in total. The van der Waals surface area contributed by atoms with Crippen LogP contribution in [0.4, 0.5) is 11.4 Å². The van der Waals surface area contributed by atoms with Crippen molar-refractivity contribution in [2.24, 2.45) is 0 Å². The van der Waals surface area contributed by atoms with Gasteiger partial charge in [-0.05, 0) is 48.0 Å². The number of carbonyl (C=O) groups excluding carboxylic acids is 3. The van der Waals surface area contributed by atoms with Crippen LogP contribution in [-0.4, -0.2) is 31.8 Å². The maximum atomic E-state index is 11.9. The molecule has 0 unspecified atom stereocenters. The van der Waals surface area contributed by atoms with Crippen LogP contribution in [-0.2, 0) is 9.68 Å². The van der Waals surface area contributed by atoms with Gasteiger partial charge in [-0.15, -0.1) is 0 Å². The molecule has 4 aromatic carbocycles. The molecule has 3 N–H and O–H groups in total. The summed E-state index contributed by atoms with van der Waals surface area (Å²) in [4.78, 5) is 33.6. The molecule has 206 valence electrons. The van der Waals surface area contributed by atoms with E-state index in [1.54, 1.807) is 68.8 Å². The molecule has 41 heavy (non-hydrogen) atoms. The van der Waals surface area contributed by atoms with E-state index in [1.807, 2.05) is 54.6 Å². The molecular formula is C29H29ClK2N2O7. The fourth-order valence-electron chi connectivity index (χ4n) is 2.77. The van der Waals surface area contributed by atoms with E-state index < -0.39 is 5.24 Å². The summed E-state index contributed by atoms with van der Waals surface area (Å²) in [5.74, 6) is 1.24. The number of amides is 1. The molecule has 4 rings (SSSR count). The molecule has 0 radical (unpaired) electrons. The van der Waals surface area contributed by atoms with Gasteiger partial charge in [-0.2, -0.15) is 0 Å². The van der Waals surface area contributed by atoms with Crippen molar-refractivity contribution in [2.45, 2.75) is 0 Å². The van der Waals surface area contributed by atoms with Crippen molar-refractivity contribution < 1.29 is 138 Å². The molecule has 0 aliphatic carbocycles. The molecule has 0 heterocycles. The van der Waals surface area contributed by atoms with Crippen molar-refractivity contribution in [2.75, 3.05) is 25.3 Å². The topological polar surface area (TPSA) is 140 Å². The van der Waals surface area contributed by atoms with Crippen molar-refractivity contribution in [3.63, 3.8) is 0 Å². The number of halogens is 1. The minimum atomic E-state index is -0.407. The molecular weight excluding hydrogens is 602 g/mol. The number of ether oxygens (including phenoxy) is 2. The van der Waals surface area contributed by atoms with Gasteiger partial charge in [0.1, 0.15) is 11.5 Å². The Kier molecular flexibility index (Phi) is 26.4. The molecule has 0 aliphatic heterocycles. The number of anilines is 2. The number of hydrogen-bond acceptors (Lipinski definition) is 8. The third kappa shape index (κ3) is 17.9. The molecule has 0 atom stereocenters. The molecule has 12 heteroatoms. The number of carbonyl (C=O) groups is 3. The normalized spacial score (nSPS) is 8.49. The maximum absolute atomic E-state index is 11.9. The molecule has 0 saturated heterocycles. The molecule has 0 saturated carbocycles. The molecule has 4 aromatic rings. The first-order chi connectivity index (χ1) is 18.9. The van der Waals surface area contributed by atoms with E-state index in [2.05, 4.69) is 10.2 Å². The SMILES string of the molecule is COc1ccccc1N.COc1ccccc1NC(=O)c1ccccc1.O=C(Cl)c1ccccc1.O=CO[O-].[H-].[K+].[K+]. The second-order valence-electron chi connectivity index (χ2n) is 7.09. The van der Waals surface area contributed by atoms with Crippen molar-refractivity contribution in [1.29, 1.82) is 0 Å². The van der Waals surface area contributed by atoms with Crippen LogP contribution in [0.25, 0.3) is 0 Å². The Hall–Kier alpha value is -1.59. The number of methoxy groups -OCH3 is 2. The average molecular weight is 631 g/mol. The van der Waals surface area contributed by atoms with Gasteiger partial charge >= 0.3 is 103 Å². The van der Waals surface area contributed by atoms with E-state index in [0.717, 1.165) is 5.75 Å². The van der Waals surface area contributed by atoms with E-state index in [0.29, 0.717) is 28.3 Å². The number of para-hydroxylation sites is 4. The van der Waals surface area contributed by atoms with E-state index >= 15 is 0 Å². The zero-order chi connectivity index (χ0) is 28.9. The standard InChI is InChI=1S/C14H13NO2.C7H5ClO.C7H9NO.CH2O3.2K.H/c1-17-13-10-6-5-9-12(13)15-14(16)11-7-3-2-4-8-11;8-7(9)6-4-2-1-3-5-6;1-9-7-5-3-2-4-6(7)8;2-1-4-3;;;/h2-10H,1H3,(H,15,16);1-5H;2-5H,8H2,1H3;1,3H;;;/q;;;;2*+1;-1/p-1. The third-order valence-electron chi connectivity index (χ3n) is 4.57. The zero-order valence-electron chi connectivity index (χ0n) is 24.3. The molecule has 0 spiro atoms. The van der Waals surface area contributed by atoms with Gasteiger partial charge in [0.05, 0.1) is 25.6 Å². The predicted octanol–water partition coefficient (Wildman–Crippen LogP) is -1.15. The average Bonchev–Trinajstić information content (AvgIpc) is 2.99. The Balaban J connectivity index is -0.000000524. The van der Waals surface area contributed by atoms with Crippen LogP contribution in [0.15, 0.2) is 109 Å². The van der Waals surface area contributed by atoms with Gasteiger partial charge in [0, 0.05) is 11.1 Å². The second kappa shape index (κ2) is 26.1. The summed E-state index contributed by atoms with van der Waals surface area (Å²) < 4.78 is 10.1. The van der Waals surface area contributed by atoms with Gasteiger partial charge in [0.2, 0.25) is 0 Å². The monoisotopic (exact) mass is 630 g/mol. The zero-order valence-corrected chi connectivity index (χ0v) is 30.3. The Bertz CT molecular complexity index is 1290. The number of benzene rings is 4. The van der Waals surface area contributed by atoms with E-state index in [1.165, 1.54) is 0 Å². The summed E-state index contributed by atoms with van der Waals surface area (Å²) in [5.41, 5.74) is 8.02. The van der Waals surface area contributed by atoms with Crippen LogP contribution in [0.1, 0.15) is 22.1 Å². The van der Waals surface area contributed by atoms with Gasteiger partial charge in [0.15, 0.2) is 0 Å². The Morgan fingerprint density at radius 3 is 1.56 bits per heavy atom. The minimum absolute atomic E-state index is 0. The second-order valence-corrected chi connectivity index (χ2v) is 7.44. The molecule has 0 fully saturated rings. The maximum Gasteiger partial charge on any atom is 1.00 e. The Labute approximate surface area is 331 Å². The van der Waals surface area contributed by atoms with Crippen molar-refractivity contribution in [1.82, 2.24) is 0 Å². The van der Waals surface area contributed by atoms with Crippen LogP contribution >= 0.6 is 11.6 Å². The van der Waals surface area contributed by atoms with E-state index in [4.69, 9.17) is 36.9 Å². The number of nitrogen functional groups attached to an aromatic ring is 1. The molecule has 0 aromatic heterocycles. The van der Waals surface area contributed by atoms with Crippen molar-refractivity contribution >= 4 is 40.6 Å². The van der Waals surface area contributed by atoms with Crippen LogP contribution in [0, 0.1) is 0 Å². The van der Waals surface area contributed by atoms with Gasteiger partial charge in [-0.25, -0.2) is 0 Å². The van der Waals surface area contributed by atoms with Gasteiger partial charge < -0.3 is 32.1 Å². The third-order valence-corrected chi connectivity index (χ3v) is 4.79. The summed E-state index contributed by atoms with van der Waals surface area (Å²) in [6, 6.07) is 32.5. The fourth-order valence-corrected chi connectivity index (χ4v) is 2.89. The minimum Gasteiger partial charge on any atom is -1.00 e. The van der Waals surface area contributed by atoms with Crippen molar-refractivity contribution in [3.8, 4) is 11.5 Å². The first kappa shape index (κ1) is 41.5. The summed E-state index contributed by atoms with van der Waals surface area (Å²) in [5, 5.41) is 10.8. The number of nitrogens with one attached hydrogen (secondary N) is 1. The van der Waals surface area contributed by atoms with E-state index in [9.17, 15) is 9.59 Å². The van der Waals surface area contributed by atoms with Crippen LogP contribution in [0.3, 0.4) is 0 Å². The summed E-state index contributed by atoms with van der Waals surface area (Å²) >= 11 is 5.16. The van der Waals surface area contributed by atoms with Crippen molar-refractivity contribution in [3.05, 3.63) is 120 Å². The quantitative estimate of drug-likeness (QED) is 0.0680. The number of nitrogens with two attached hydrogens (primary N) is 1. The molecule has 0 aliphatic rings. The molecule has 0 bridgehead atoms. The molecule has 1 amide bonds. The fraction of sp³-hybridized carbons (Fsp3) is 0.0690. The van der Waals surface area contributed by atoms with E-state index in [-0.39, 0.29) is 117 Å².